The predicted octanol–water partition coefficient (Wildman–Crippen LogP) is 2.21. The van der Waals surface area contributed by atoms with E-state index in [1.807, 2.05) is 6.07 Å². The zero-order valence-corrected chi connectivity index (χ0v) is 13.2. The Morgan fingerprint density at radius 1 is 1.38 bits per heavy atom. The lowest BCUT2D eigenvalue weighted by Gasteiger charge is -2.10. The number of benzene rings is 1. The zero-order chi connectivity index (χ0) is 15.0. The Hall–Kier alpha value is -1.07. The van der Waals surface area contributed by atoms with Crippen LogP contribution in [0.2, 0.25) is 5.02 Å². The van der Waals surface area contributed by atoms with Crippen molar-refractivity contribution in [3.63, 3.8) is 0 Å². The molecule has 3 rings (SSSR count). The summed E-state index contributed by atoms with van der Waals surface area (Å²) in [5.74, 6) is 1.16. The minimum atomic E-state index is -2.93. The summed E-state index contributed by atoms with van der Waals surface area (Å²) in [6.07, 6.45) is 2.00. The average Bonchev–Trinajstić information content (AvgIpc) is 2.95. The highest BCUT2D eigenvalue weighted by Gasteiger charge is 2.29. The third-order valence-electron chi connectivity index (χ3n) is 4.06. The second-order valence-electron chi connectivity index (χ2n) is 5.84. The SMILES string of the molecule is O=C(Cc1cc(Cl)cc2c1OCC2)CC1CCS(=O)(=O)C1. The molecule has 1 saturated heterocycles. The number of ether oxygens (including phenoxy) is 1. The fourth-order valence-corrected chi connectivity index (χ4v) is 5.24. The van der Waals surface area contributed by atoms with Crippen molar-refractivity contribution < 1.29 is 17.9 Å². The number of Topliss-reactive ketones (excluding diaryl/α,β-unsaturated/α-hetero) is 1. The number of ketones is 1. The summed E-state index contributed by atoms with van der Waals surface area (Å²) in [6.45, 7) is 0.623. The number of fused-ring (bicyclic) bond motifs is 1. The highest BCUT2D eigenvalue weighted by molar-refractivity contribution is 7.91. The van der Waals surface area contributed by atoms with Crippen molar-refractivity contribution in [2.24, 2.45) is 5.92 Å². The lowest BCUT2D eigenvalue weighted by Crippen LogP contribution is -2.12. The van der Waals surface area contributed by atoms with Crippen molar-refractivity contribution in [2.45, 2.75) is 25.7 Å². The summed E-state index contributed by atoms with van der Waals surface area (Å²) < 4.78 is 28.4. The minimum Gasteiger partial charge on any atom is -0.493 e. The fraction of sp³-hybridized carbons (Fsp3) is 0.533. The molecule has 0 N–H and O–H groups in total. The molecule has 0 aliphatic carbocycles. The van der Waals surface area contributed by atoms with E-state index in [0.29, 0.717) is 24.5 Å². The Balaban J connectivity index is 1.68. The first-order valence-electron chi connectivity index (χ1n) is 7.09. The van der Waals surface area contributed by atoms with Crippen LogP contribution in [0.1, 0.15) is 24.0 Å². The molecule has 4 nitrogen and oxygen atoms in total. The molecule has 1 fully saturated rings. The van der Waals surface area contributed by atoms with E-state index in [9.17, 15) is 13.2 Å². The molecule has 21 heavy (non-hydrogen) atoms. The van der Waals surface area contributed by atoms with Crippen molar-refractivity contribution in [3.05, 3.63) is 28.3 Å². The number of hydrogen-bond donors (Lipinski definition) is 0. The van der Waals surface area contributed by atoms with Gasteiger partial charge in [0.05, 0.1) is 18.1 Å². The Labute approximate surface area is 129 Å². The summed E-state index contributed by atoms with van der Waals surface area (Å²) in [5.41, 5.74) is 1.87. The van der Waals surface area contributed by atoms with E-state index < -0.39 is 9.84 Å². The molecule has 2 aliphatic rings. The number of carbonyl (C=O) groups excluding carboxylic acids is 1. The molecule has 0 saturated carbocycles. The first kappa shape index (κ1) is 14.9. The molecule has 0 aromatic heterocycles. The van der Waals surface area contributed by atoms with Gasteiger partial charge in [-0.2, -0.15) is 0 Å². The van der Waals surface area contributed by atoms with Crippen molar-refractivity contribution in [1.29, 1.82) is 0 Å². The van der Waals surface area contributed by atoms with Gasteiger partial charge in [-0.3, -0.25) is 4.79 Å². The van der Waals surface area contributed by atoms with Gasteiger partial charge in [-0.05, 0) is 30.0 Å². The van der Waals surface area contributed by atoms with Crippen molar-refractivity contribution in [1.82, 2.24) is 0 Å². The quantitative estimate of drug-likeness (QED) is 0.850. The molecule has 6 heteroatoms. The molecule has 0 spiro atoms. The van der Waals surface area contributed by atoms with Crippen molar-refractivity contribution in [3.8, 4) is 5.75 Å². The third kappa shape index (κ3) is 3.40. The molecular weight excluding hydrogens is 312 g/mol. The summed E-state index contributed by atoms with van der Waals surface area (Å²) in [5, 5.41) is 0.616. The van der Waals surface area contributed by atoms with Gasteiger partial charge in [-0.15, -0.1) is 0 Å². The Kier molecular flexibility index (Phi) is 3.97. The predicted molar refractivity (Wildman–Crippen MR) is 80.7 cm³/mol. The molecule has 2 heterocycles. The first-order valence-corrected chi connectivity index (χ1v) is 9.29. The minimum absolute atomic E-state index is 0.0318. The molecular formula is C15H17ClO4S. The molecule has 1 aromatic rings. The van der Waals surface area contributed by atoms with Gasteiger partial charge in [0.2, 0.25) is 0 Å². The van der Waals surface area contributed by atoms with Crippen molar-refractivity contribution in [2.75, 3.05) is 18.1 Å². The third-order valence-corrected chi connectivity index (χ3v) is 6.11. The molecule has 1 atom stereocenters. The smallest absolute Gasteiger partial charge is 0.150 e. The van der Waals surface area contributed by atoms with E-state index in [1.54, 1.807) is 6.07 Å². The van der Waals surface area contributed by atoms with Gasteiger partial charge < -0.3 is 4.74 Å². The standard InChI is InChI=1S/C15H17ClO4S/c16-13-6-11-1-3-20-15(11)12(7-13)8-14(17)5-10-2-4-21(18,19)9-10/h6-7,10H,1-5,8-9H2. The number of hydrogen-bond acceptors (Lipinski definition) is 4. The van der Waals surface area contributed by atoms with E-state index >= 15 is 0 Å². The van der Waals surface area contributed by atoms with E-state index in [0.717, 1.165) is 23.3 Å². The first-order chi connectivity index (χ1) is 9.93. The zero-order valence-electron chi connectivity index (χ0n) is 11.6. The molecule has 0 radical (unpaired) electrons. The topological polar surface area (TPSA) is 60.4 Å². The number of halogens is 1. The van der Waals surface area contributed by atoms with Gasteiger partial charge in [-0.1, -0.05) is 11.6 Å². The van der Waals surface area contributed by atoms with Crippen LogP contribution in [0.4, 0.5) is 0 Å². The summed E-state index contributed by atoms with van der Waals surface area (Å²) >= 11 is 6.07. The van der Waals surface area contributed by atoms with Gasteiger partial charge in [0.1, 0.15) is 11.5 Å². The van der Waals surface area contributed by atoms with Crippen LogP contribution < -0.4 is 4.74 Å². The number of sulfone groups is 1. The van der Waals surface area contributed by atoms with Crippen LogP contribution >= 0.6 is 11.6 Å². The van der Waals surface area contributed by atoms with Gasteiger partial charge >= 0.3 is 0 Å². The second kappa shape index (κ2) is 5.61. The van der Waals surface area contributed by atoms with Crippen LogP contribution in [0.15, 0.2) is 12.1 Å². The number of rotatable bonds is 4. The highest BCUT2D eigenvalue weighted by atomic mass is 35.5. The lowest BCUT2D eigenvalue weighted by atomic mass is 9.96. The van der Waals surface area contributed by atoms with E-state index in [2.05, 4.69) is 0 Å². The average molecular weight is 329 g/mol. The van der Waals surface area contributed by atoms with Crippen LogP contribution in [-0.2, 0) is 27.5 Å². The van der Waals surface area contributed by atoms with Crippen LogP contribution in [-0.4, -0.2) is 32.3 Å². The largest absolute Gasteiger partial charge is 0.493 e. The maximum absolute atomic E-state index is 12.2. The second-order valence-corrected chi connectivity index (χ2v) is 8.51. The highest BCUT2D eigenvalue weighted by Crippen LogP contribution is 2.33. The normalized spacial score (nSPS) is 22.8. The molecule has 0 bridgehead atoms. The van der Waals surface area contributed by atoms with Crippen molar-refractivity contribution >= 4 is 27.2 Å². The Bertz CT molecular complexity index is 681. The monoisotopic (exact) mass is 328 g/mol. The Morgan fingerprint density at radius 2 is 2.19 bits per heavy atom. The van der Waals surface area contributed by atoms with Gasteiger partial charge in [0.15, 0.2) is 9.84 Å². The molecule has 0 amide bonds. The Morgan fingerprint density at radius 3 is 2.90 bits per heavy atom. The van der Waals surface area contributed by atoms with E-state index in [4.69, 9.17) is 16.3 Å². The fourth-order valence-electron chi connectivity index (χ4n) is 3.12. The van der Waals surface area contributed by atoms with Crippen LogP contribution in [0.25, 0.3) is 0 Å². The van der Waals surface area contributed by atoms with Gasteiger partial charge in [0, 0.05) is 29.8 Å². The van der Waals surface area contributed by atoms with E-state index in [1.165, 1.54) is 0 Å². The van der Waals surface area contributed by atoms with Crippen LogP contribution in [0.3, 0.4) is 0 Å². The molecule has 1 unspecified atom stereocenters. The summed E-state index contributed by atoms with van der Waals surface area (Å²) in [7, 11) is -2.93. The maximum Gasteiger partial charge on any atom is 0.150 e. The molecule has 114 valence electrons. The van der Waals surface area contributed by atoms with Crippen LogP contribution in [0, 0.1) is 5.92 Å². The molecule has 1 aromatic carbocycles. The number of carbonyl (C=O) groups is 1. The maximum atomic E-state index is 12.2. The summed E-state index contributed by atoms with van der Waals surface area (Å²) in [4.78, 5) is 12.2. The van der Waals surface area contributed by atoms with Crippen LogP contribution in [0.5, 0.6) is 5.75 Å². The summed E-state index contributed by atoms with van der Waals surface area (Å²) in [6, 6.07) is 3.65. The van der Waals surface area contributed by atoms with E-state index in [-0.39, 0.29) is 29.6 Å². The van der Waals surface area contributed by atoms with Gasteiger partial charge in [0.25, 0.3) is 0 Å². The molecule has 2 aliphatic heterocycles. The lowest BCUT2D eigenvalue weighted by molar-refractivity contribution is -0.119. The van der Waals surface area contributed by atoms with Gasteiger partial charge in [-0.25, -0.2) is 8.42 Å².